The van der Waals surface area contributed by atoms with Gasteiger partial charge in [-0.1, -0.05) is 23.2 Å². The van der Waals surface area contributed by atoms with Gasteiger partial charge in [0.1, 0.15) is 12.4 Å². The van der Waals surface area contributed by atoms with E-state index in [2.05, 4.69) is 4.98 Å². The number of hydrogen-bond acceptors (Lipinski definition) is 3. The Bertz CT molecular complexity index is 704. The highest BCUT2D eigenvalue weighted by Crippen LogP contribution is 2.45. The third kappa shape index (κ3) is 3.37. The van der Waals surface area contributed by atoms with Gasteiger partial charge in [0.25, 0.3) is 0 Å². The van der Waals surface area contributed by atoms with Crippen LogP contribution in [0.1, 0.15) is 35.6 Å². The molecule has 0 amide bonds. The van der Waals surface area contributed by atoms with Crippen molar-refractivity contribution >= 4 is 34.8 Å². The first-order valence-electron chi connectivity index (χ1n) is 7.46. The fourth-order valence-electron chi connectivity index (χ4n) is 3.05. The molecule has 0 radical (unpaired) electrons. The summed E-state index contributed by atoms with van der Waals surface area (Å²) in [7, 11) is 0. The molecule has 122 valence electrons. The Kier molecular flexibility index (Phi) is 5.20. The highest BCUT2D eigenvalue weighted by molar-refractivity contribution is 6.37. The molecule has 1 atom stereocenters. The minimum atomic E-state index is 0.122. The number of aromatic hydroxyl groups is 1. The van der Waals surface area contributed by atoms with Gasteiger partial charge in [-0.25, -0.2) is 0 Å². The third-order valence-electron chi connectivity index (χ3n) is 4.06. The molecule has 6 heteroatoms. The van der Waals surface area contributed by atoms with Crippen LogP contribution in [0.4, 0.5) is 0 Å². The second-order valence-corrected chi connectivity index (χ2v) is 6.66. The lowest BCUT2D eigenvalue weighted by atomic mass is 9.80. The summed E-state index contributed by atoms with van der Waals surface area (Å²) in [6, 6.07) is 5.41. The molecule has 1 heterocycles. The van der Waals surface area contributed by atoms with Gasteiger partial charge in [0.05, 0.1) is 22.1 Å². The lowest BCUT2D eigenvalue weighted by Crippen LogP contribution is -2.14. The van der Waals surface area contributed by atoms with Crippen LogP contribution in [-0.2, 0) is 6.42 Å². The summed E-state index contributed by atoms with van der Waals surface area (Å²) in [6.07, 6.45) is 4.33. The number of fused-ring (bicyclic) bond motifs is 1. The molecule has 0 saturated heterocycles. The van der Waals surface area contributed by atoms with Crippen LogP contribution >= 0.6 is 34.8 Å². The van der Waals surface area contributed by atoms with Crippen molar-refractivity contribution in [2.24, 2.45) is 0 Å². The van der Waals surface area contributed by atoms with E-state index in [1.165, 1.54) is 6.20 Å². The molecular weight excluding hydrogens is 357 g/mol. The van der Waals surface area contributed by atoms with Crippen molar-refractivity contribution in [3.05, 3.63) is 51.3 Å². The fraction of sp³-hybridized carbons (Fsp3) is 0.353. The van der Waals surface area contributed by atoms with Crippen molar-refractivity contribution in [2.75, 3.05) is 12.5 Å². The molecule has 0 aliphatic heterocycles. The smallest absolute Gasteiger partial charge is 0.156 e. The van der Waals surface area contributed by atoms with Gasteiger partial charge < -0.3 is 9.84 Å². The molecule has 1 aliphatic rings. The lowest BCUT2D eigenvalue weighted by molar-refractivity contribution is 0.342. The first-order valence-corrected chi connectivity index (χ1v) is 8.75. The molecule has 1 unspecified atom stereocenters. The zero-order valence-electron chi connectivity index (χ0n) is 12.4. The second kappa shape index (κ2) is 7.16. The number of alkyl halides is 1. The summed E-state index contributed by atoms with van der Waals surface area (Å²) in [6.45, 7) is 0.364. The zero-order chi connectivity index (χ0) is 16.4. The molecule has 2 aromatic rings. The van der Waals surface area contributed by atoms with E-state index in [4.69, 9.17) is 39.5 Å². The SMILES string of the molecule is Oc1ccc(C2CCCc3c2cc(Cl)c(OCCCl)c3Cl)nc1. The lowest BCUT2D eigenvalue weighted by Gasteiger charge is -2.27. The topological polar surface area (TPSA) is 42.4 Å². The van der Waals surface area contributed by atoms with Gasteiger partial charge in [-0.2, -0.15) is 0 Å². The fourth-order valence-corrected chi connectivity index (χ4v) is 3.80. The Morgan fingerprint density at radius 1 is 1.30 bits per heavy atom. The Balaban J connectivity index is 2.03. The number of halogens is 3. The van der Waals surface area contributed by atoms with E-state index in [0.29, 0.717) is 28.3 Å². The Morgan fingerprint density at radius 3 is 2.83 bits per heavy atom. The average Bonchev–Trinajstić information content (AvgIpc) is 2.55. The number of pyridine rings is 1. The number of aromatic nitrogens is 1. The van der Waals surface area contributed by atoms with Crippen LogP contribution in [0.15, 0.2) is 24.4 Å². The third-order valence-corrected chi connectivity index (χ3v) is 4.89. The van der Waals surface area contributed by atoms with E-state index in [9.17, 15) is 5.11 Å². The first-order chi connectivity index (χ1) is 11.1. The Morgan fingerprint density at radius 2 is 2.13 bits per heavy atom. The van der Waals surface area contributed by atoms with Crippen molar-refractivity contribution in [3.8, 4) is 11.5 Å². The number of ether oxygens (including phenoxy) is 1. The maximum atomic E-state index is 9.43. The molecule has 0 fully saturated rings. The van der Waals surface area contributed by atoms with Crippen LogP contribution in [0, 0.1) is 0 Å². The van der Waals surface area contributed by atoms with Crippen molar-refractivity contribution in [1.82, 2.24) is 4.98 Å². The van der Waals surface area contributed by atoms with Crippen LogP contribution in [0.5, 0.6) is 11.5 Å². The van der Waals surface area contributed by atoms with Gasteiger partial charge in [0.15, 0.2) is 5.75 Å². The van der Waals surface area contributed by atoms with E-state index in [0.717, 1.165) is 36.1 Å². The molecule has 0 bridgehead atoms. The second-order valence-electron chi connectivity index (χ2n) is 5.49. The maximum absolute atomic E-state index is 9.43. The van der Waals surface area contributed by atoms with Gasteiger partial charge in [-0.15, -0.1) is 11.6 Å². The molecular formula is C17H16Cl3NO2. The van der Waals surface area contributed by atoms with Gasteiger partial charge >= 0.3 is 0 Å². The van der Waals surface area contributed by atoms with Crippen molar-refractivity contribution in [1.29, 1.82) is 0 Å². The summed E-state index contributed by atoms with van der Waals surface area (Å²) in [5, 5.41) is 10.5. The molecule has 23 heavy (non-hydrogen) atoms. The van der Waals surface area contributed by atoms with Crippen molar-refractivity contribution < 1.29 is 9.84 Å². The highest BCUT2D eigenvalue weighted by Gasteiger charge is 2.27. The van der Waals surface area contributed by atoms with Crippen LogP contribution in [0.2, 0.25) is 10.0 Å². The monoisotopic (exact) mass is 371 g/mol. The van der Waals surface area contributed by atoms with Gasteiger partial charge in [0.2, 0.25) is 0 Å². The van der Waals surface area contributed by atoms with E-state index in [1.54, 1.807) is 6.07 Å². The molecule has 3 rings (SSSR count). The predicted octanol–water partition coefficient (Wildman–Crippen LogP) is 5.18. The Labute approximate surface area is 150 Å². The normalized spacial score (nSPS) is 16.9. The first kappa shape index (κ1) is 16.7. The summed E-state index contributed by atoms with van der Waals surface area (Å²) in [5.41, 5.74) is 3.06. The van der Waals surface area contributed by atoms with Crippen LogP contribution in [-0.4, -0.2) is 22.6 Å². The summed E-state index contributed by atoms with van der Waals surface area (Å²) < 4.78 is 5.59. The maximum Gasteiger partial charge on any atom is 0.156 e. The summed E-state index contributed by atoms with van der Waals surface area (Å²) in [5.74, 6) is 1.17. The molecule has 1 N–H and O–H groups in total. The van der Waals surface area contributed by atoms with Crippen LogP contribution in [0.3, 0.4) is 0 Å². The van der Waals surface area contributed by atoms with Crippen LogP contribution in [0.25, 0.3) is 0 Å². The number of nitrogens with zero attached hydrogens (tertiary/aromatic N) is 1. The summed E-state index contributed by atoms with van der Waals surface area (Å²) in [4.78, 5) is 4.35. The summed E-state index contributed by atoms with van der Waals surface area (Å²) >= 11 is 18.6. The molecule has 3 nitrogen and oxygen atoms in total. The number of hydrogen-bond donors (Lipinski definition) is 1. The standard InChI is InChI=1S/C17H16Cl3NO2/c18-6-7-23-17-14(19)8-13-11(2-1-3-12(13)16(17)20)15-5-4-10(22)9-21-15/h4-5,8-9,11,22H,1-3,6-7H2. The Hall–Kier alpha value is -1.16. The number of rotatable bonds is 4. The van der Waals surface area contributed by atoms with Crippen LogP contribution < -0.4 is 4.74 Å². The minimum absolute atomic E-state index is 0.122. The largest absolute Gasteiger partial charge is 0.506 e. The van der Waals surface area contributed by atoms with E-state index < -0.39 is 0 Å². The minimum Gasteiger partial charge on any atom is -0.506 e. The van der Waals surface area contributed by atoms with Gasteiger partial charge in [-0.05, 0) is 48.6 Å². The number of benzene rings is 1. The van der Waals surface area contributed by atoms with E-state index in [-0.39, 0.29) is 11.7 Å². The van der Waals surface area contributed by atoms with E-state index in [1.807, 2.05) is 12.1 Å². The highest BCUT2D eigenvalue weighted by atomic mass is 35.5. The predicted molar refractivity (Wildman–Crippen MR) is 93.4 cm³/mol. The molecule has 0 spiro atoms. The molecule has 1 aromatic carbocycles. The van der Waals surface area contributed by atoms with Gasteiger partial charge in [-0.3, -0.25) is 4.98 Å². The molecule has 1 aliphatic carbocycles. The quantitative estimate of drug-likeness (QED) is 0.752. The zero-order valence-corrected chi connectivity index (χ0v) is 14.6. The van der Waals surface area contributed by atoms with Crippen molar-refractivity contribution in [2.45, 2.75) is 25.2 Å². The molecule has 1 aromatic heterocycles. The average molecular weight is 373 g/mol. The van der Waals surface area contributed by atoms with Crippen molar-refractivity contribution in [3.63, 3.8) is 0 Å². The van der Waals surface area contributed by atoms with Gasteiger partial charge in [0, 0.05) is 11.6 Å². The molecule has 0 saturated carbocycles. The van der Waals surface area contributed by atoms with E-state index >= 15 is 0 Å².